The van der Waals surface area contributed by atoms with E-state index in [0.717, 1.165) is 34.5 Å². The van der Waals surface area contributed by atoms with Crippen LogP contribution in [0.1, 0.15) is 51.2 Å². The van der Waals surface area contributed by atoms with Crippen molar-refractivity contribution >= 4 is 27.5 Å². The van der Waals surface area contributed by atoms with Gasteiger partial charge in [0.05, 0.1) is 18.6 Å². The molecule has 0 saturated carbocycles. The van der Waals surface area contributed by atoms with Gasteiger partial charge < -0.3 is 15.0 Å². The number of amides is 2. The third-order valence-corrected chi connectivity index (χ3v) is 7.06. The first-order valence-electron chi connectivity index (χ1n) is 12.4. The van der Waals surface area contributed by atoms with Crippen molar-refractivity contribution in [2.75, 3.05) is 30.3 Å². The van der Waals surface area contributed by atoms with Gasteiger partial charge in [-0.15, -0.1) is 0 Å². The predicted octanol–water partition coefficient (Wildman–Crippen LogP) is 3.88. The molecule has 0 aliphatic heterocycles. The Labute approximate surface area is 215 Å². The zero-order chi connectivity index (χ0) is 26.7. The summed E-state index contributed by atoms with van der Waals surface area (Å²) in [4.78, 5) is 28.4. The minimum atomic E-state index is -3.83. The van der Waals surface area contributed by atoms with Gasteiger partial charge in [0, 0.05) is 13.1 Å². The summed E-state index contributed by atoms with van der Waals surface area (Å²) in [6, 6.07) is 13.6. The van der Waals surface area contributed by atoms with Crippen molar-refractivity contribution in [2.45, 2.75) is 59.5 Å². The Hall–Kier alpha value is -3.07. The lowest BCUT2D eigenvalue weighted by molar-refractivity contribution is -0.140. The number of hydrogen-bond donors (Lipinski definition) is 1. The second-order valence-electron chi connectivity index (χ2n) is 8.69. The van der Waals surface area contributed by atoms with Gasteiger partial charge in [-0.1, -0.05) is 56.7 Å². The number of carbonyl (C=O) groups is 2. The van der Waals surface area contributed by atoms with E-state index >= 15 is 0 Å². The Morgan fingerprint density at radius 3 is 2.31 bits per heavy atom. The molecule has 0 aliphatic rings. The molecule has 1 N–H and O–H groups in total. The van der Waals surface area contributed by atoms with Crippen LogP contribution in [-0.4, -0.2) is 57.1 Å². The number of anilines is 1. The van der Waals surface area contributed by atoms with Crippen molar-refractivity contribution in [3.63, 3.8) is 0 Å². The average Bonchev–Trinajstić information content (AvgIpc) is 2.83. The van der Waals surface area contributed by atoms with Crippen LogP contribution in [0.25, 0.3) is 0 Å². The number of sulfonamides is 1. The molecule has 1 atom stereocenters. The molecule has 36 heavy (non-hydrogen) atoms. The molecule has 2 aromatic carbocycles. The maximum Gasteiger partial charge on any atom is 0.244 e. The molecular formula is C27H39N3O5S. The van der Waals surface area contributed by atoms with Crippen LogP contribution in [0.4, 0.5) is 5.69 Å². The summed E-state index contributed by atoms with van der Waals surface area (Å²) >= 11 is 0. The molecule has 0 aromatic heterocycles. The van der Waals surface area contributed by atoms with E-state index in [-0.39, 0.29) is 18.1 Å². The maximum absolute atomic E-state index is 13.8. The third-order valence-electron chi connectivity index (χ3n) is 5.93. The molecule has 0 spiro atoms. The fourth-order valence-electron chi connectivity index (χ4n) is 3.93. The molecule has 0 saturated heterocycles. The Morgan fingerprint density at radius 1 is 1.03 bits per heavy atom. The number of nitrogens with zero attached hydrogens (tertiary/aromatic N) is 2. The maximum atomic E-state index is 13.8. The van der Waals surface area contributed by atoms with Crippen LogP contribution in [0.3, 0.4) is 0 Å². The van der Waals surface area contributed by atoms with Gasteiger partial charge in [-0.2, -0.15) is 0 Å². The van der Waals surface area contributed by atoms with Crippen LogP contribution in [0, 0.1) is 6.92 Å². The standard InChI is InChI=1S/C27H39N3O5S/c1-6-9-18-28-27(32)23(7-2)29(19-22-15-11-10-14-21(22)4)26(31)20-30(36(5,33)34)24-16-12-13-17-25(24)35-8-3/h10-17,23H,6-9,18-20H2,1-5H3,(H,28,32)/t23-/m1/s1. The second-order valence-corrected chi connectivity index (χ2v) is 10.6. The second kappa shape index (κ2) is 13.9. The molecule has 0 aliphatic carbocycles. The highest BCUT2D eigenvalue weighted by molar-refractivity contribution is 7.92. The van der Waals surface area contributed by atoms with Crippen LogP contribution >= 0.6 is 0 Å². The number of benzene rings is 2. The lowest BCUT2D eigenvalue weighted by atomic mass is 10.1. The van der Waals surface area contributed by atoms with Gasteiger partial charge >= 0.3 is 0 Å². The normalized spacial score (nSPS) is 12.0. The fourth-order valence-corrected chi connectivity index (χ4v) is 4.79. The average molecular weight is 518 g/mol. The van der Waals surface area contributed by atoms with E-state index in [1.807, 2.05) is 45.0 Å². The molecule has 0 bridgehead atoms. The summed E-state index contributed by atoms with van der Waals surface area (Å²) in [5.41, 5.74) is 2.16. The van der Waals surface area contributed by atoms with Crippen LogP contribution in [0.5, 0.6) is 5.75 Å². The van der Waals surface area contributed by atoms with Crippen molar-refractivity contribution < 1.29 is 22.7 Å². The molecule has 2 rings (SSSR count). The number of nitrogens with one attached hydrogen (secondary N) is 1. The number of hydrogen-bond acceptors (Lipinski definition) is 5. The van der Waals surface area contributed by atoms with E-state index in [9.17, 15) is 18.0 Å². The summed E-state index contributed by atoms with van der Waals surface area (Å²) < 4.78 is 32.3. The van der Waals surface area contributed by atoms with Gasteiger partial charge in [-0.25, -0.2) is 8.42 Å². The monoisotopic (exact) mass is 517 g/mol. The number of carbonyl (C=O) groups excluding carboxylic acids is 2. The topological polar surface area (TPSA) is 96.0 Å². The van der Waals surface area contributed by atoms with Crippen LogP contribution < -0.4 is 14.4 Å². The number of ether oxygens (including phenoxy) is 1. The van der Waals surface area contributed by atoms with Crippen molar-refractivity contribution in [3.8, 4) is 5.75 Å². The number of aryl methyl sites for hydroxylation is 1. The lowest BCUT2D eigenvalue weighted by Gasteiger charge is -2.33. The van der Waals surface area contributed by atoms with Crippen LogP contribution in [0.2, 0.25) is 0 Å². The zero-order valence-corrected chi connectivity index (χ0v) is 22.8. The molecule has 0 fully saturated rings. The fraction of sp³-hybridized carbons (Fsp3) is 0.481. The van der Waals surface area contributed by atoms with Gasteiger partial charge in [0.15, 0.2) is 0 Å². The van der Waals surface area contributed by atoms with Crippen molar-refractivity contribution in [1.82, 2.24) is 10.2 Å². The molecule has 8 nitrogen and oxygen atoms in total. The van der Waals surface area contributed by atoms with Gasteiger partial charge in [0.2, 0.25) is 21.8 Å². The van der Waals surface area contributed by atoms with Gasteiger partial charge in [0.25, 0.3) is 0 Å². The molecule has 0 unspecified atom stereocenters. The Balaban J connectivity index is 2.46. The van der Waals surface area contributed by atoms with Crippen LogP contribution in [0.15, 0.2) is 48.5 Å². The number of para-hydroxylation sites is 2. The number of unbranched alkanes of at least 4 members (excludes halogenated alkanes) is 1. The molecule has 0 heterocycles. The predicted molar refractivity (Wildman–Crippen MR) is 144 cm³/mol. The highest BCUT2D eigenvalue weighted by Gasteiger charge is 2.32. The number of rotatable bonds is 14. The van der Waals surface area contributed by atoms with Gasteiger partial charge in [-0.3, -0.25) is 13.9 Å². The minimum absolute atomic E-state index is 0.190. The van der Waals surface area contributed by atoms with Gasteiger partial charge in [-0.05, 0) is 49.9 Å². The molecule has 198 valence electrons. The van der Waals surface area contributed by atoms with E-state index in [4.69, 9.17) is 4.74 Å². The summed E-state index contributed by atoms with van der Waals surface area (Å²) in [6.45, 7) is 8.25. The zero-order valence-electron chi connectivity index (χ0n) is 22.0. The van der Waals surface area contributed by atoms with Crippen LogP contribution in [-0.2, 0) is 26.2 Å². The van der Waals surface area contributed by atoms with E-state index in [1.165, 1.54) is 4.90 Å². The molecule has 0 radical (unpaired) electrons. The third kappa shape index (κ3) is 7.98. The van der Waals surface area contributed by atoms with Crippen molar-refractivity contribution in [3.05, 3.63) is 59.7 Å². The Kier molecular flexibility index (Phi) is 11.2. The molecule has 9 heteroatoms. The minimum Gasteiger partial charge on any atom is -0.492 e. The highest BCUT2D eigenvalue weighted by atomic mass is 32.2. The first kappa shape index (κ1) is 29.2. The molecular weight excluding hydrogens is 478 g/mol. The summed E-state index contributed by atoms with van der Waals surface area (Å²) in [5, 5.41) is 2.93. The first-order chi connectivity index (χ1) is 17.1. The Bertz CT molecular complexity index is 1120. The molecule has 2 aromatic rings. The van der Waals surface area contributed by atoms with Gasteiger partial charge in [0.1, 0.15) is 18.3 Å². The largest absolute Gasteiger partial charge is 0.492 e. The lowest BCUT2D eigenvalue weighted by Crippen LogP contribution is -2.52. The summed E-state index contributed by atoms with van der Waals surface area (Å²) in [5.74, 6) is -0.339. The highest BCUT2D eigenvalue weighted by Crippen LogP contribution is 2.30. The Morgan fingerprint density at radius 2 is 1.69 bits per heavy atom. The van der Waals surface area contributed by atoms with E-state index < -0.39 is 28.5 Å². The van der Waals surface area contributed by atoms with Crippen molar-refractivity contribution in [2.24, 2.45) is 0 Å². The van der Waals surface area contributed by atoms with Crippen molar-refractivity contribution in [1.29, 1.82) is 0 Å². The van der Waals surface area contributed by atoms with E-state index in [1.54, 1.807) is 31.2 Å². The summed E-state index contributed by atoms with van der Waals surface area (Å²) in [7, 11) is -3.83. The SMILES string of the molecule is CCCCNC(=O)[C@@H](CC)N(Cc1ccccc1C)C(=O)CN(c1ccccc1OCC)S(C)(=O)=O. The quantitative estimate of drug-likeness (QED) is 0.384. The summed E-state index contributed by atoms with van der Waals surface area (Å²) in [6.07, 6.45) is 3.23. The first-order valence-corrected chi connectivity index (χ1v) is 14.3. The van der Waals surface area contributed by atoms with E-state index in [0.29, 0.717) is 25.3 Å². The molecule has 2 amide bonds. The van der Waals surface area contributed by atoms with E-state index in [2.05, 4.69) is 5.32 Å². The smallest absolute Gasteiger partial charge is 0.244 e.